The molecule has 9 heteroatoms. The molecule has 1 aromatic heterocycles. The Labute approximate surface area is 133 Å². The number of thiophene rings is 1. The van der Waals surface area contributed by atoms with E-state index in [1.807, 2.05) is 0 Å². The van der Waals surface area contributed by atoms with E-state index in [2.05, 4.69) is 5.32 Å². The third-order valence-corrected chi connectivity index (χ3v) is 6.65. The number of hydrogen-bond acceptors (Lipinski definition) is 5. The molecule has 0 aromatic carbocycles. The summed E-state index contributed by atoms with van der Waals surface area (Å²) in [7, 11) is -3.46. The SMILES string of the molecule is CC(Cl)C(=O)NCc1ccc(S(=O)(=O)N2CCOCC2)s1. The van der Waals surface area contributed by atoms with E-state index in [4.69, 9.17) is 16.3 Å². The second-order valence-electron chi connectivity index (χ2n) is 4.57. The molecule has 2 rings (SSSR count). The Kier molecular flexibility index (Phi) is 5.61. The van der Waals surface area contributed by atoms with Gasteiger partial charge in [0.1, 0.15) is 9.59 Å². The average Bonchev–Trinajstić information content (AvgIpc) is 2.95. The van der Waals surface area contributed by atoms with Gasteiger partial charge in [-0.25, -0.2) is 8.42 Å². The summed E-state index contributed by atoms with van der Waals surface area (Å²) >= 11 is 6.81. The van der Waals surface area contributed by atoms with Crippen molar-refractivity contribution in [2.45, 2.75) is 23.1 Å². The number of hydrogen-bond donors (Lipinski definition) is 1. The predicted octanol–water partition coefficient (Wildman–Crippen LogP) is 1.01. The van der Waals surface area contributed by atoms with E-state index in [-0.39, 0.29) is 16.7 Å². The lowest BCUT2D eigenvalue weighted by Crippen LogP contribution is -2.40. The monoisotopic (exact) mass is 352 g/mol. The molecule has 1 unspecified atom stereocenters. The number of nitrogens with one attached hydrogen (secondary N) is 1. The molecule has 1 aliphatic rings. The quantitative estimate of drug-likeness (QED) is 0.802. The number of rotatable bonds is 5. The standard InChI is InChI=1S/C12H17ClN2O4S2/c1-9(13)12(16)14-8-10-2-3-11(20-10)21(17,18)15-4-6-19-7-5-15/h2-3,9H,4-8H2,1H3,(H,14,16). The summed E-state index contributed by atoms with van der Waals surface area (Å²) in [6.45, 7) is 3.44. The van der Waals surface area contributed by atoms with E-state index in [0.29, 0.717) is 26.3 Å². The normalized spacial score (nSPS) is 18.4. The number of sulfonamides is 1. The molecule has 1 atom stereocenters. The molecule has 6 nitrogen and oxygen atoms in total. The van der Waals surface area contributed by atoms with Crippen molar-refractivity contribution in [3.8, 4) is 0 Å². The first-order valence-electron chi connectivity index (χ1n) is 6.49. The Morgan fingerprint density at radius 3 is 2.76 bits per heavy atom. The number of ether oxygens (including phenoxy) is 1. The molecule has 0 radical (unpaired) electrons. The molecule has 1 saturated heterocycles. The molecule has 0 saturated carbocycles. The molecule has 2 heterocycles. The van der Waals surface area contributed by atoms with Crippen molar-refractivity contribution in [1.29, 1.82) is 0 Å². The van der Waals surface area contributed by atoms with Gasteiger partial charge in [0.25, 0.3) is 10.0 Å². The summed E-state index contributed by atoms with van der Waals surface area (Å²) in [4.78, 5) is 12.2. The summed E-state index contributed by atoms with van der Waals surface area (Å²) < 4.78 is 31.7. The fourth-order valence-electron chi connectivity index (χ4n) is 1.82. The van der Waals surface area contributed by atoms with Crippen LogP contribution >= 0.6 is 22.9 Å². The molecule has 0 bridgehead atoms. The number of halogens is 1. The second-order valence-corrected chi connectivity index (χ2v) is 8.56. The maximum Gasteiger partial charge on any atom is 0.252 e. The van der Waals surface area contributed by atoms with Crippen LogP contribution in [0, 0.1) is 0 Å². The van der Waals surface area contributed by atoms with Crippen molar-refractivity contribution < 1.29 is 17.9 Å². The number of nitrogens with zero attached hydrogens (tertiary/aromatic N) is 1. The highest BCUT2D eigenvalue weighted by molar-refractivity contribution is 7.91. The highest BCUT2D eigenvalue weighted by atomic mass is 35.5. The van der Waals surface area contributed by atoms with Gasteiger partial charge >= 0.3 is 0 Å². The van der Waals surface area contributed by atoms with E-state index in [1.54, 1.807) is 19.1 Å². The van der Waals surface area contributed by atoms with E-state index in [9.17, 15) is 13.2 Å². The number of morpholine rings is 1. The van der Waals surface area contributed by atoms with Crippen LogP contribution in [-0.4, -0.2) is 50.3 Å². The smallest absolute Gasteiger partial charge is 0.252 e. The first-order valence-corrected chi connectivity index (χ1v) is 9.19. The first kappa shape index (κ1) is 16.7. The van der Waals surface area contributed by atoms with Gasteiger partial charge in [-0.15, -0.1) is 22.9 Å². The fourth-order valence-corrected chi connectivity index (χ4v) is 4.76. The van der Waals surface area contributed by atoms with Gasteiger partial charge in [0, 0.05) is 18.0 Å². The van der Waals surface area contributed by atoms with Crippen molar-refractivity contribution in [3.05, 3.63) is 17.0 Å². The minimum Gasteiger partial charge on any atom is -0.379 e. The molecular weight excluding hydrogens is 336 g/mol. The molecular formula is C12H17ClN2O4S2. The van der Waals surface area contributed by atoms with Gasteiger partial charge < -0.3 is 10.1 Å². The lowest BCUT2D eigenvalue weighted by molar-refractivity contribution is -0.120. The van der Waals surface area contributed by atoms with Crippen LogP contribution in [0.2, 0.25) is 0 Å². The first-order chi connectivity index (χ1) is 9.91. The van der Waals surface area contributed by atoms with Crippen LogP contribution in [0.15, 0.2) is 16.3 Å². The number of amides is 1. The zero-order valence-corrected chi connectivity index (χ0v) is 13.9. The summed E-state index contributed by atoms with van der Waals surface area (Å²) in [6.07, 6.45) is 0. The van der Waals surface area contributed by atoms with E-state index in [1.165, 1.54) is 4.31 Å². The van der Waals surface area contributed by atoms with Crippen molar-refractivity contribution >= 4 is 38.9 Å². The Morgan fingerprint density at radius 1 is 1.48 bits per heavy atom. The van der Waals surface area contributed by atoms with Crippen LogP contribution < -0.4 is 5.32 Å². The average molecular weight is 353 g/mol. The van der Waals surface area contributed by atoms with Crippen LogP contribution in [0.3, 0.4) is 0 Å². The molecule has 21 heavy (non-hydrogen) atoms. The van der Waals surface area contributed by atoms with Gasteiger partial charge in [-0.2, -0.15) is 4.31 Å². The van der Waals surface area contributed by atoms with Gasteiger partial charge in [-0.3, -0.25) is 4.79 Å². The van der Waals surface area contributed by atoms with Crippen LogP contribution in [-0.2, 0) is 26.1 Å². The zero-order valence-electron chi connectivity index (χ0n) is 11.5. The second kappa shape index (κ2) is 7.06. The van der Waals surface area contributed by atoms with Crippen molar-refractivity contribution in [2.24, 2.45) is 0 Å². The third-order valence-electron chi connectivity index (χ3n) is 3.00. The van der Waals surface area contributed by atoms with Crippen LogP contribution in [0.4, 0.5) is 0 Å². The van der Waals surface area contributed by atoms with Gasteiger partial charge in [-0.1, -0.05) is 0 Å². The van der Waals surface area contributed by atoms with Crippen LogP contribution in [0.25, 0.3) is 0 Å². The Balaban J connectivity index is 2.03. The van der Waals surface area contributed by atoms with Crippen molar-refractivity contribution in [3.63, 3.8) is 0 Å². The highest BCUT2D eigenvalue weighted by Gasteiger charge is 2.27. The van der Waals surface area contributed by atoms with E-state index < -0.39 is 15.4 Å². The summed E-state index contributed by atoms with van der Waals surface area (Å²) in [5.74, 6) is -0.275. The minimum absolute atomic E-state index is 0.275. The van der Waals surface area contributed by atoms with E-state index >= 15 is 0 Å². The lowest BCUT2D eigenvalue weighted by Gasteiger charge is -2.25. The maximum absolute atomic E-state index is 12.4. The Hall–Kier alpha value is -0.670. The molecule has 1 aliphatic heterocycles. The van der Waals surface area contributed by atoms with Crippen molar-refractivity contribution in [2.75, 3.05) is 26.3 Å². The topological polar surface area (TPSA) is 75.7 Å². The number of carbonyl (C=O) groups excluding carboxylic acids is 1. The maximum atomic E-state index is 12.4. The fraction of sp³-hybridized carbons (Fsp3) is 0.583. The molecule has 1 N–H and O–H groups in total. The van der Waals surface area contributed by atoms with Crippen LogP contribution in [0.1, 0.15) is 11.8 Å². The Morgan fingerprint density at radius 2 is 2.14 bits per heavy atom. The van der Waals surface area contributed by atoms with Crippen LogP contribution in [0.5, 0.6) is 0 Å². The largest absolute Gasteiger partial charge is 0.379 e. The molecule has 118 valence electrons. The molecule has 1 fully saturated rings. The Bertz CT molecular complexity index is 594. The highest BCUT2D eigenvalue weighted by Crippen LogP contribution is 2.25. The van der Waals surface area contributed by atoms with Gasteiger partial charge in [-0.05, 0) is 19.1 Å². The van der Waals surface area contributed by atoms with Gasteiger partial charge in [0.2, 0.25) is 5.91 Å². The summed E-state index contributed by atoms with van der Waals surface area (Å²) in [5, 5.41) is 2.04. The molecule has 0 spiro atoms. The van der Waals surface area contributed by atoms with Crippen molar-refractivity contribution in [1.82, 2.24) is 9.62 Å². The van der Waals surface area contributed by atoms with E-state index in [0.717, 1.165) is 16.2 Å². The third kappa shape index (κ3) is 4.17. The molecule has 1 amide bonds. The molecule has 1 aromatic rings. The predicted molar refractivity (Wildman–Crippen MR) is 81.1 cm³/mol. The summed E-state index contributed by atoms with van der Waals surface area (Å²) in [6, 6.07) is 3.28. The lowest BCUT2D eigenvalue weighted by atomic mass is 10.4. The van der Waals surface area contributed by atoms with Gasteiger partial charge in [0.15, 0.2) is 0 Å². The minimum atomic E-state index is -3.46. The van der Waals surface area contributed by atoms with Gasteiger partial charge in [0.05, 0.1) is 19.8 Å². The summed E-state index contributed by atoms with van der Waals surface area (Å²) in [5.41, 5.74) is 0. The molecule has 0 aliphatic carbocycles. The number of carbonyl (C=O) groups is 1. The number of alkyl halides is 1. The zero-order chi connectivity index (χ0) is 15.5.